The molecule has 2 rings (SSSR count). The average Bonchev–Trinajstić information content (AvgIpc) is 3.00. The number of aromatic nitrogens is 4. The monoisotopic (exact) mass is 317 g/mol. The first-order valence-electron chi connectivity index (χ1n) is 7.54. The minimum Gasteiger partial charge on any atom is -0.468 e. The fourth-order valence-corrected chi connectivity index (χ4v) is 2.28. The van der Waals surface area contributed by atoms with Crippen molar-refractivity contribution in [1.82, 2.24) is 25.5 Å². The van der Waals surface area contributed by atoms with E-state index in [1.807, 2.05) is 51.1 Å². The molecule has 0 aliphatic carbocycles. The van der Waals surface area contributed by atoms with Crippen LogP contribution in [0.2, 0.25) is 0 Å². The maximum atomic E-state index is 12.0. The highest BCUT2D eigenvalue weighted by molar-refractivity contribution is 5.76. The summed E-state index contributed by atoms with van der Waals surface area (Å²) < 4.78 is 6.64. The van der Waals surface area contributed by atoms with Gasteiger partial charge in [0, 0.05) is 0 Å². The fourth-order valence-electron chi connectivity index (χ4n) is 2.28. The minimum atomic E-state index is -0.451. The highest BCUT2D eigenvalue weighted by Gasteiger charge is 2.23. The van der Waals surface area contributed by atoms with Gasteiger partial charge in [0.05, 0.1) is 19.2 Å². The minimum absolute atomic E-state index is 0.222. The van der Waals surface area contributed by atoms with Gasteiger partial charge in [-0.3, -0.25) is 10.1 Å². The van der Waals surface area contributed by atoms with Gasteiger partial charge in [0.15, 0.2) is 5.82 Å². The number of benzene rings is 1. The van der Waals surface area contributed by atoms with Crippen molar-refractivity contribution in [3.8, 4) is 0 Å². The van der Waals surface area contributed by atoms with Gasteiger partial charge in [-0.2, -0.15) is 0 Å². The fraction of sp³-hybridized carbons (Fsp3) is 0.500. The Bertz CT molecular complexity index is 633. The van der Waals surface area contributed by atoms with Gasteiger partial charge in [0.25, 0.3) is 0 Å². The van der Waals surface area contributed by atoms with E-state index >= 15 is 0 Å². The van der Waals surface area contributed by atoms with Gasteiger partial charge in [0.1, 0.15) is 6.04 Å². The lowest BCUT2D eigenvalue weighted by Crippen LogP contribution is -2.40. The molecule has 0 radical (unpaired) electrons. The lowest BCUT2D eigenvalue weighted by molar-refractivity contribution is -0.143. The van der Waals surface area contributed by atoms with Crippen molar-refractivity contribution in [2.75, 3.05) is 7.11 Å². The van der Waals surface area contributed by atoms with Crippen LogP contribution in [0, 0.1) is 0 Å². The van der Waals surface area contributed by atoms with E-state index in [1.165, 1.54) is 7.11 Å². The molecule has 2 aromatic rings. The van der Waals surface area contributed by atoms with E-state index in [0.29, 0.717) is 18.8 Å². The van der Waals surface area contributed by atoms with Crippen molar-refractivity contribution in [2.45, 2.75) is 45.3 Å². The van der Waals surface area contributed by atoms with Gasteiger partial charge < -0.3 is 4.74 Å². The number of hydrogen-bond acceptors (Lipinski definition) is 6. The standard InChI is InChI=1S/C16H23N5O2/c1-16(2,3)21-14(18-19-20-21)11-17-13(15(22)23-4)10-12-8-6-5-7-9-12/h5-9,13,17H,10-11H2,1-4H3/t13-/m1/s1. The number of esters is 1. The molecule has 1 heterocycles. The molecule has 0 saturated heterocycles. The topological polar surface area (TPSA) is 81.9 Å². The Morgan fingerprint density at radius 2 is 2.00 bits per heavy atom. The molecule has 23 heavy (non-hydrogen) atoms. The van der Waals surface area contributed by atoms with Crippen molar-refractivity contribution in [2.24, 2.45) is 0 Å². The van der Waals surface area contributed by atoms with Gasteiger partial charge in [-0.15, -0.1) is 5.10 Å². The molecular weight excluding hydrogens is 294 g/mol. The van der Waals surface area contributed by atoms with Gasteiger partial charge in [0.2, 0.25) is 0 Å². The second-order valence-electron chi connectivity index (χ2n) is 6.32. The number of nitrogens with zero attached hydrogens (tertiary/aromatic N) is 4. The molecule has 0 unspecified atom stereocenters. The summed E-state index contributed by atoms with van der Waals surface area (Å²) in [6.45, 7) is 6.45. The molecule has 0 aliphatic rings. The summed E-state index contributed by atoms with van der Waals surface area (Å²) in [5, 5.41) is 15.0. The molecule has 0 saturated carbocycles. The summed E-state index contributed by atoms with van der Waals surface area (Å²) >= 11 is 0. The first-order valence-corrected chi connectivity index (χ1v) is 7.54. The van der Waals surface area contributed by atoms with Crippen molar-refractivity contribution in [3.05, 3.63) is 41.7 Å². The number of nitrogens with one attached hydrogen (secondary N) is 1. The van der Waals surface area contributed by atoms with Gasteiger partial charge in [-0.05, 0) is 43.2 Å². The molecule has 1 aromatic heterocycles. The van der Waals surface area contributed by atoms with Crippen molar-refractivity contribution in [3.63, 3.8) is 0 Å². The summed E-state index contributed by atoms with van der Waals surface area (Å²) in [6.07, 6.45) is 0.546. The quantitative estimate of drug-likeness (QED) is 0.809. The lowest BCUT2D eigenvalue weighted by atomic mass is 10.1. The number of ether oxygens (including phenoxy) is 1. The first kappa shape index (κ1) is 17.1. The van der Waals surface area contributed by atoms with Crippen molar-refractivity contribution < 1.29 is 9.53 Å². The van der Waals surface area contributed by atoms with Crippen LogP contribution in [0.5, 0.6) is 0 Å². The maximum absolute atomic E-state index is 12.0. The molecule has 124 valence electrons. The molecular formula is C16H23N5O2. The first-order chi connectivity index (χ1) is 10.9. The van der Waals surface area contributed by atoms with Crippen molar-refractivity contribution in [1.29, 1.82) is 0 Å². The van der Waals surface area contributed by atoms with E-state index in [4.69, 9.17) is 4.74 Å². The molecule has 7 nitrogen and oxygen atoms in total. The van der Waals surface area contributed by atoms with E-state index in [1.54, 1.807) is 4.68 Å². The molecule has 7 heteroatoms. The van der Waals surface area contributed by atoms with Crippen molar-refractivity contribution >= 4 is 5.97 Å². The largest absolute Gasteiger partial charge is 0.468 e. The van der Waals surface area contributed by atoms with Crippen LogP contribution < -0.4 is 5.32 Å². The maximum Gasteiger partial charge on any atom is 0.323 e. The predicted octanol–water partition coefficient (Wildman–Crippen LogP) is 1.30. The predicted molar refractivity (Wildman–Crippen MR) is 85.6 cm³/mol. The zero-order valence-corrected chi connectivity index (χ0v) is 14.0. The van der Waals surface area contributed by atoms with E-state index in [0.717, 1.165) is 5.56 Å². The molecule has 1 N–H and O–H groups in total. The van der Waals surface area contributed by atoms with Gasteiger partial charge >= 0.3 is 5.97 Å². The summed E-state index contributed by atoms with van der Waals surface area (Å²) in [7, 11) is 1.39. The Morgan fingerprint density at radius 3 is 2.61 bits per heavy atom. The Kier molecular flexibility index (Phi) is 5.44. The van der Waals surface area contributed by atoms with Crippen LogP contribution in [0.4, 0.5) is 0 Å². The van der Waals surface area contributed by atoms with Gasteiger partial charge in [-0.25, -0.2) is 4.68 Å². The second-order valence-corrected chi connectivity index (χ2v) is 6.32. The summed E-state index contributed by atoms with van der Waals surface area (Å²) in [5.74, 6) is 0.378. The number of rotatable bonds is 6. The SMILES string of the molecule is COC(=O)[C@@H](Cc1ccccc1)NCc1nnnn1C(C)(C)C. The summed E-state index contributed by atoms with van der Waals surface area (Å²) in [6, 6.07) is 9.36. The molecule has 0 aliphatic heterocycles. The average molecular weight is 317 g/mol. The smallest absolute Gasteiger partial charge is 0.323 e. The molecule has 0 fully saturated rings. The second kappa shape index (κ2) is 7.32. The third-order valence-corrected chi connectivity index (χ3v) is 3.44. The summed E-state index contributed by atoms with van der Waals surface area (Å²) in [5.41, 5.74) is 0.839. The van der Waals surface area contributed by atoms with Crippen LogP contribution in [0.3, 0.4) is 0 Å². The zero-order valence-electron chi connectivity index (χ0n) is 14.0. The van der Waals surface area contributed by atoms with Crippen LogP contribution in [0.1, 0.15) is 32.2 Å². The normalized spacial score (nSPS) is 12.9. The van der Waals surface area contributed by atoms with Crippen LogP contribution in [-0.2, 0) is 28.0 Å². The molecule has 0 spiro atoms. The van der Waals surface area contributed by atoms with E-state index in [2.05, 4.69) is 20.8 Å². The Morgan fingerprint density at radius 1 is 1.30 bits per heavy atom. The molecule has 0 amide bonds. The summed E-state index contributed by atoms with van der Waals surface area (Å²) in [4.78, 5) is 12.0. The van der Waals surface area contributed by atoms with Crippen LogP contribution in [-0.4, -0.2) is 39.3 Å². The van der Waals surface area contributed by atoms with Crippen LogP contribution in [0.25, 0.3) is 0 Å². The highest BCUT2D eigenvalue weighted by atomic mass is 16.5. The zero-order chi connectivity index (χ0) is 16.9. The Hall–Kier alpha value is -2.28. The lowest BCUT2D eigenvalue weighted by Gasteiger charge is -2.21. The molecule has 0 bridgehead atoms. The molecule has 1 aromatic carbocycles. The van der Waals surface area contributed by atoms with Crippen LogP contribution in [0.15, 0.2) is 30.3 Å². The van der Waals surface area contributed by atoms with Crippen LogP contribution >= 0.6 is 0 Å². The Labute approximate surface area is 136 Å². The van der Waals surface area contributed by atoms with E-state index in [9.17, 15) is 4.79 Å². The number of methoxy groups -OCH3 is 1. The third-order valence-electron chi connectivity index (χ3n) is 3.44. The number of tetrazole rings is 1. The number of carbonyl (C=O) groups is 1. The Balaban J connectivity index is 2.07. The number of carbonyl (C=O) groups excluding carboxylic acids is 1. The third kappa shape index (κ3) is 4.59. The highest BCUT2D eigenvalue weighted by Crippen LogP contribution is 2.13. The van der Waals surface area contributed by atoms with E-state index in [-0.39, 0.29) is 11.5 Å². The molecule has 1 atom stereocenters. The van der Waals surface area contributed by atoms with E-state index < -0.39 is 6.04 Å². The number of hydrogen-bond donors (Lipinski definition) is 1. The van der Waals surface area contributed by atoms with Gasteiger partial charge in [-0.1, -0.05) is 30.3 Å².